The molecule has 0 radical (unpaired) electrons. The van der Waals surface area contributed by atoms with Crippen molar-refractivity contribution in [2.45, 2.75) is 13.0 Å². The maximum Gasteiger partial charge on any atom is 0.273 e. The van der Waals surface area contributed by atoms with E-state index < -0.39 is 28.5 Å². The van der Waals surface area contributed by atoms with Crippen molar-refractivity contribution in [1.29, 1.82) is 0 Å². The largest absolute Gasteiger partial charge is 0.494 e. The molecule has 2 rings (SSSR count). The topological polar surface area (TPSA) is 93.5 Å². The number of nitrogens with zero attached hydrogens (tertiary/aromatic N) is 1. The van der Waals surface area contributed by atoms with E-state index in [0.29, 0.717) is 5.56 Å². The molecule has 0 saturated carbocycles. The number of nitrogens with one attached hydrogen (secondary N) is 2. The van der Waals surface area contributed by atoms with Gasteiger partial charge in [0, 0.05) is 12.1 Å². The van der Waals surface area contributed by atoms with Gasteiger partial charge in [-0.25, -0.2) is 8.78 Å². The number of hydrogen-bond acceptors (Lipinski definition) is 5. The minimum Gasteiger partial charge on any atom is -0.494 e. The van der Waals surface area contributed by atoms with Gasteiger partial charge in [0.05, 0.1) is 30.3 Å². The molecule has 0 aliphatic heterocycles. The number of carbonyl (C=O) groups is 1. The molecule has 0 heterocycles. The predicted molar refractivity (Wildman–Crippen MR) is 91.1 cm³/mol. The molecule has 2 aromatic carbocycles. The molecule has 0 aliphatic carbocycles. The van der Waals surface area contributed by atoms with Crippen molar-refractivity contribution >= 4 is 17.3 Å². The maximum absolute atomic E-state index is 13.3. The summed E-state index contributed by atoms with van der Waals surface area (Å²) in [5.41, 5.74) is 0.611. The lowest BCUT2D eigenvalue weighted by Gasteiger charge is -2.15. The summed E-state index contributed by atoms with van der Waals surface area (Å²) in [5.74, 6) is -2.17. The summed E-state index contributed by atoms with van der Waals surface area (Å²) in [7, 11) is 1.33. The lowest BCUT2D eigenvalue weighted by atomic mass is 10.1. The molecule has 0 saturated heterocycles. The minimum absolute atomic E-state index is 0.111. The summed E-state index contributed by atoms with van der Waals surface area (Å²) in [4.78, 5) is 22.3. The number of halogens is 2. The van der Waals surface area contributed by atoms with E-state index in [1.165, 1.54) is 31.4 Å². The summed E-state index contributed by atoms with van der Waals surface area (Å²) < 4.78 is 31.2. The molecule has 0 fully saturated rings. The molecule has 0 spiro atoms. The number of methoxy groups -OCH3 is 1. The lowest BCUT2D eigenvalue weighted by molar-refractivity contribution is -0.384. The number of amides is 1. The van der Waals surface area contributed by atoms with Crippen molar-refractivity contribution in [3.63, 3.8) is 0 Å². The highest BCUT2D eigenvalue weighted by Crippen LogP contribution is 2.28. The highest BCUT2D eigenvalue weighted by Gasteiger charge is 2.14. The molecule has 1 amide bonds. The second-order valence-electron chi connectivity index (χ2n) is 5.47. The van der Waals surface area contributed by atoms with Gasteiger partial charge < -0.3 is 15.4 Å². The highest BCUT2D eigenvalue weighted by atomic mass is 19.2. The first-order valence-corrected chi connectivity index (χ1v) is 7.62. The molecular weight excluding hydrogens is 348 g/mol. The number of non-ortho nitro benzene ring substituents is 1. The molecule has 7 nitrogen and oxygen atoms in total. The zero-order valence-electron chi connectivity index (χ0n) is 14.1. The molecule has 0 aliphatic rings. The van der Waals surface area contributed by atoms with Crippen LogP contribution in [0, 0.1) is 21.7 Å². The summed E-state index contributed by atoms with van der Waals surface area (Å²) in [6.45, 7) is 1.59. The Kier molecular flexibility index (Phi) is 6.18. The molecule has 0 bridgehead atoms. The van der Waals surface area contributed by atoms with E-state index in [9.17, 15) is 23.7 Å². The molecule has 0 unspecified atom stereocenters. The van der Waals surface area contributed by atoms with Crippen LogP contribution in [0.25, 0.3) is 0 Å². The Morgan fingerprint density at radius 2 is 1.96 bits per heavy atom. The molecule has 1 atom stereocenters. The standard InChI is InChI=1S/C17H17F2N3O4/c1-10(11-3-5-13(18)14(19)7-11)20-9-17(23)21-15-6-4-12(22(24)25)8-16(15)26-2/h3-8,10,20H,9H2,1-2H3,(H,21,23)/t10-/m0/s1. The molecule has 0 aromatic heterocycles. The Bertz CT molecular complexity index is 830. The van der Waals surface area contributed by atoms with E-state index in [1.807, 2.05) is 0 Å². The number of anilines is 1. The van der Waals surface area contributed by atoms with Crippen molar-refractivity contribution in [2.24, 2.45) is 0 Å². The summed E-state index contributed by atoms with van der Waals surface area (Å²) in [6, 6.07) is 6.92. The zero-order chi connectivity index (χ0) is 19.3. The Morgan fingerprint density at radius 3 is 2.58 bits per heavy atom. The number of nitro groups is 1. The fourth-order valence-corrected chi connectivity index (χ4v) is 2.24. The summed E-state index contributed by atoms with van der Waals surface area (Å²) >= 11 is 0. The molecule has 9 heteroatoms. The highest BCUT2D eigenvalue weighted by molar-refractivity contribution is 5.93. The SMILES string of the molecule is COc1cc([N+](=O)[O-])ccc1NC(=O)CN[C@@H](C)c1ccc(F)c(F)c1. The van der Waals surface area contributed by atoms with E-state index in [1.54, 1.807) is 6.92 Å². The van der Waals surface area contributed by atoms with E-state index in [-0.39, 0.29) is 23.7 Å². The average molecular weight is 365 g/mol. The normalized spacial score (nSPS) is 11.7. The van der Waals surface area contributed by atoms with Gasteiger partial charge in [-0.2, -0.15) is 0 Å². The van der Waals surface area contributed by atoms with Crippen molar-refractivity contribution < 1.29 is 23.2 Å². The smallest absolute Gasteiger partial charge is 0.273 e. The number of rotatable bonds is 7. The summed E-state index contributed by atoms with van der Waals surface area (Å²) in [6.07, 6.45) is 0. The van der Waals surface area contributed by atoms with Crippen LogP contribution < -0.4 is 15.4 Å². The van der Waals surface area contributed by atoms with Crippen LogP contribution in [0.3, 0.4) is 0 Å². The van der Waals surface area contributed by atoms with Gasteiger partial charge in [0.15, 0.2) is 11.6 Å². The van der Waals surface area contributed by atoms with Crippen LogP contribution >= 0.6 is 0 Å². The lowest BCUT2D eigenvalue weighted by Crippen LogP contribution is -2.30. The van der Waals surface area contributed by atoms with Gasteiger partial charge in [-0.05, 0) is 30.7 Å². The first-order chi connectivity index (χ1) is 12.3. The van der Waals surface area contributed by atoms with Gasteiger partial charge in [0.1, 0.15) is 5.75 Å². The van der Waals surface area contributed by atoms with Crippen LogP contribution in [0.2, 0.25) is 0 Å². The van der Waals surface area contributed by atoms with Gasteiger partial charge in [-0.1, -0.05) is 6.07 Å². The van der Waals surface area contributed by atoms with Gasteiger partial charge in [-0.15, -0.1) is 0 Å². The van der Waals surface area contributed by atoms with Gasteiger partial charge >= 0.3 is 0 Å². The monoisotopic (exact) mass is 365 g/mol. The zero-order valence-corrected chi connectivity index (χ0v) is 14.1. The van der Waals surface area contributed by atoms with E-state index in [0.717, 1.165) is 12.1 Å². The van der Waals surface area contributed by atoms with Crippen molar-refractivity contribution in [1.82, 2.24) is 5.32 Å². The van der Waals surface area contributed by atoms with Crippen LogP contribution in [0.5, 0.6) is 5.75 Å². The molecule has 2 aromatic rings. The molecule has 2 N–H and O–H groups in total. The Hall–Kier alpha value is -3.07. The third-order valence-electron chi connectivity index (χ3n) is 3.68. The fourth-order valence-electron chi connectivity index (χ4n) is 2.24. The first-order valence-electron chi connectivity index (χ1n) is 7.62. The van der Waals surface area contributed by atoms with Crippen molar-refractivity contribution in [2.75, 3.05) is 19.0 Å². The summed E-state index contributed by atoms with van der Waals surface area (Å²) in [5, 5.41) is 16.2. The van der Waals surface area contributed by atoms with Gasteiger partial charge in [-0.3, -0.25) is 14.9 Å². The van der Waals surface area contributed by atoms with Crippen molar-refractivity contribution in [3.05, 3.63) is 63.7 Å². The fraction of sp³-hybridized carbons (Fsp3) is 0.235. The number of nitro benzene ring substituents is 1. The average Bonchev–Trinajstić information content (AvgIpc) is 2.62. The number of carbonyl (C=O) groups excluding carboxylic acids is 1. The third kappa shape index (κ3) is 4.73. The predicted octanol–water partition coefficient (Wildman–Crippen LogP) is 3.17. The van der Waals surface area contributed by atoms with Crippen LogP contribution in [0.15, 0.2) is 36.4 Å². The molecule has 138 valence electrons. The van der Waals surface area contributed by atoms with Crippen LogP contribution in [-0.2, 0) is 4.79 Å². The molecular formula is C17H17F2N3O4. The number of benzene rings is 2. The van der Waals surface area contributed by atoms with Crippen LogP contribution in [0.4, 0.5) is 20.2 Å². The minimum atomic E-state index is -0.962. The van der Waals surface area contributed by atoms with Crippen LogP contribution in [-0.4, -0.2) is 24.5 Å². The first kappa shape index (κ1) is 19.3. The van der Waals surface area contributed by atoms with E-state index in [2.05, 4.69) is 10.6 Å². The Labute approximate surface area is 148 Å². The molecule has 26 heavy (non-hydrogen) atoms. The number of hydrogen-bond donors (Lipinski definition) is 2. The van der Waals surface area contributed by atoms with Gasteiger partial charge in [0.2, 0.25) is 5.91 Å². The Balaban J connectivity index is 1.98. The van der Waals surface area contributed by atoms with Crippen LogP contribution in [0.1, 0.15) is 18.5 Å². The Morgan fingerprint density at radius 1 is 1.23 bits per heavy atom. The van der Waals surface area contributed by atoms with Crippen molar-refractivity contribution in [3.8, 4) is 5.75 Å². The second-order valence-corrected chi connectivity index (χ2v) is 5.47. The van der Waals surface area contributed by atoms with E-state index >= 15 is 0 Å². The quantitative estimate of drug-likeness (QED) is 0.581. The second kappa shape index (κ2) is 8.34. The number of ether oxygens (including phenoxy) is 1. The third-order valence-corrected chi connectivity index (χ3v) is 3.68. The maximum atomic E-state index is 13.3. The van der Waals surface area contributed by atoms with Gasteiger partial charge in [0.25, 0.3) is 5.69 Å². The van der Waals surface area contributed by atoms with E-state index in [4.69, 9.17) is 4.74 Å².